The maximum atomic E-state index is 13.2. The van der Waals surface area contributed by atoms with Crippen molar-refractivity contribution in [1.82, 2.24) is 5.32 Å². The number of ether oxygens (including phenoxy) is 1. The molecule has 1 amide bonds. The molecule has 2 rings (SSSR count). The van der Waals surface area contributed by atoms with Crippen LogP contribution < -0.4 is 16.0 Å². The zero-order valence-electron chi connectivity index (χ0n) is 18.0. The van der Waals surface area contributed by atoms with E-state index in [1.165, 1.54) is 16.7 Å². The molecule has 1 aromatic carbocycles. The van der Waals surface area contributed by atoms with E-state index < -0.39 is 24.6 Å². The van der Waals surface area contributed by atoms with E-state index in [1.807, 2.05) is 12.1 Å². The van der Waals surface area contributed by atoms with Gasteiger partial charge in [-0.15, -0.1) is 11.8 Å². The maximum absolute atomic E-state index is 13.2. The van der Waals surface area contributed by atoms with Crippen molar-refractivity contribution in [2.24, 2.45) is 5.73 Å². The first-order valence-electron chi connectivity index (χ1n) is 10.9. The zero-order valence-corrected chi connectivity index (χ0v) is 18.9. The van der Waals surface area contributed by atoms with Crippen LogP contribution >= 0.6 is 11.8 Å². The second-order valence-corrected chi connectivity index (χ2v) is 8.53. The van der Waals surface area contributed by atoms with Crippen LogP contribution in [0.3, 0.4) is 0 Å². The first-order chi connectivity index (χ1) is 15.0. The van der Waals surface area contributed by atoms with Gasteiger partial charge in [0.25, 0.3) is 0 Å². The quantitative estimate of drug-likeness (QED) is 0.309. The molecule has 0 aliphatic carbocycles. The molecule has 0 saturated heterocycles. The zero-order chi connectivity index (χ0) is 22.6. The Bertz CT molecular complexity index is 746. The Morgan fingerprint density at radius 2 is 1.97 bits per heavy atom. The predicted octanol–water partition coefficient (Wildman–Crippen LogP) is 2.40. The number of fused-ring (bicyclic) bond motifs is 1. The number of nitrogens with zero attached hydrogens (tertiary/aromatic N) is 1. The number of aliphatic carboxylic acids is 1. The van der Waals surface area contributed by atoms with E-state index in [9.17, 15) is 19.5 Å². The van der Waals surface area contributed by atoms with Crippen molar-refractivity contribution in [3.8, 4) is 0 Å². The fourth-order valence-electron chi connectivity index (χ4n) is 3.55. The van der Waals surface area contributed by atoms with Gasteiger partial charge in [0, 0.05) is 10.6 Å². The van der Waals surface area contributed by atoms with Gasteiger partial charge in [0.05, 0.1) is 18.3 Å². The lowest BCUT2D eigenvalue weighted by Crippen LogP contribution is -2.54. The van der Waals surface area contributed by atoms with Gasteiger partial charge in [0.15, 0.2) is 0 Å². The summed E-state index contributed by atoms with van der Waals surface area (Å²) in [5.41, 5.74) is 6.10. The molecule has 0 spiro atoms. The summed E-state index contributed by atoms with van der Waals surface area (Å²) in [4.78, 5) is 39.3. The molecular formula is C22H33N3O5S. The lowest BCUT2D eigenvalue weighted by atomic mass is 10.0. The van der Waals surface area contributed by atoms with Gasteiger partial charge in [-0.3, -0.25) is 24.6 Å². The van der Waals surface area contributed by atoms with Crippen LogP contribution in [0.1, 0.15) is 45.4 Å². The maximum Gasteiger partial charge on any atom is 0.323 e. The number of hydrogen-bond donors (Lipinski definition) is 3. The highest BCUT2D eigenvalue weighted by Gasteiger charge is 2.34. The minimum Gasteiger partial charge on any atom is -0.480 e. The fourth-order valence-corrected chi connectivity index (χ4v) is 4.64. The van der Waals surface area contributed by atoms with Crippen molar-refractivity contribution in [2.45, 2.75) is 62.4 Å². The number of carbonyl (C=O) groups excluding carboxylic acids is 2. The van der Waals surface area contributed by atoms with Gasteiger partial charge >= 0.3 is 11.9 Å². The predicted molar refractivity (Wildman–Crippen MR) is 121 cm³/mol. The summed E-state index contributed by atoms with van der Waals surface area (Å²) in [6.07, 6.45) is 5.46. The highest BCUT2D eigenvalue weighted by Crippen LogP contribution is 2.34. The average Bonchev–Trinajstić information content (AvgIpc) is 2.87. The van der Waals surface area contributed by atoms with Crippen LogP contribution in [0.4, 0.5) is 5.69 Å². The van der Waals surface area contributed by atoms with Crippen molar-refractivity contribution >= 4 is 35.3 Å². The van der Waals surface area contributed by atoms with E-state index in [-0.39, 0.29) is 18.5 Å². The van der Waals surface area contributed by atoms with Crippen LogP contribution in [0.5, 0.6) is 0 Å². The van der Waals surface area contributed by atoms with Gasteiger partial charge in [-0.1, -0.05) is 37.8 Å². The van der Waals surface area contributed by atoms with E-state index in [4.69, 9.17) is 10.5 Å². The Balaban J connectivity index is 2.10. The number of rotatable bonds is 13. The number of nitrogens with one attached hydrogen (secondary N) is 1. The molecule has 1 heterocycles. The molecule has 1 aliphatic heterocycles. The van der Waals surface area contributed by atoms with Crippen LogP contribution in [0, 0.1) is 0 Å². The molecule has 1 aromatic rings. The SMILES string of the molecule is CCOC(=O)[C@H](CCCCCCCN)N[C@H]1CSc2ccccc2N(CC(=O)O)C1=O. The standard InChI is InChI=1S/C22H33N3O5S/c1-2-30-22(29)16(10-6-4-3-5-9-13-23)24-17-15-31-19-12-8-7-11-18(19)25(21(17)28)14-20(26)27/h7-8,11-12,16-17,24H,2-6,9-10,13-15,23H2,1H3,(H,26,27)/t16-,17-/m0/s1. The minimum absolute atomic E-state index is 0.261. The van der Waals surface area contributed by atoms with Crippen molar-refractivity contribution in [3.05, 3.63) is 24.3 Å². The number of para-hydroxylation sites is 1. The Hall–Kier alpha value is -2.10. The first-order valence-corrected chi connectivity index (χ1v) is 11.8. The van der Waals surface area contributed by atoms with E-state index >= 15 is 0 Å². The van der Waals surface area contributed by atoms with Gasteiger partial charge in [-0.05, 0) is 38.4 Å². The molecule has 8 nitrogen and oxygen atoms in total. The van der Waals surface area contributed by atoms with Crippen molar-refractivity contribution in [2.75, 3.05) is 30.3 Å². The van der Waals surface area contributed by atoms with E-state index in [0.29, 0.717) is 24.4 Å². The second-order valence-electron chi connectivity index (χ2n) is 7.47. The summed E-state index contributed by atoms with van der Waals surface area (Å²) >= 11 is 1.47. The molecule has 0 saturated carbocycles. The Morgan fingerprint density at radius 1 is 1.26 bits per heavy atom. The molecule has 0 unspecified atom stereocenters. The van der Waals surface area contributed by atoms with Gasteiger partial charge < -0.3 is 15.6 Å². The van der Waals surface area contributed by atoms with Gasteiger partial charge in [-0.2, -0.15) is 0 Å². The van der Waals surface area contributed by atoms with Gasteiger partial charge in [-0.25, -0.2) is 0 Å². The molecule has 1 aliphatic rings. The average molecular weight is 452 g/mol. The second kappa shape index (κ2) is 13.3. The van der Waals surface area contributed by atoms with Crippen molar-refractivity contribution in [1.29, 1.82) is 0 Å². The van der Waals surface area contributed by atoms with E-state index in [2.05, 4.69) is 5.32 Å². The number of anilines is 1. The topological polar surface area (TPSA) is 122 Å². The number of hydrogen-bond acceptors (Lipinski definition) is 7. The molecule has 4 N–H and O–H groups in total. The number of esters is 1. The smallest absolute Gasteiger partial charge is 0.323 e. The third-order valence-electron chi connectivity index (χ3n) is 5.09. The lowest BCUT2D eigenvalue weighted by molar-refractivity contribution is -0.146. The third-order valence-corrected chi connectivity index (χ3v) is 6.25. The number of benzene rings is 1. The molecule has 31 heavy (non-hydrogen) atoms. The molecular weight excluding hydrogens is 418 g/mol. The van der Waals surface area contributed by atoms with Crippen molar-refractivity contribution in [3.63, 3.8) is 0 Å². The van der Waals surface area contributed by atoms with Crippen LogP contribution in [0.15, 0.2) is 29.2 Å². The summed E-state index contributed by atoms with van der Waals surface area (Å²) in [5.74, 6) is -1.42. The number of unbranched alkanes of at least 4 members (excludes halogenated alkanes) is 4. The Labute approximate surface area is 187 Å². The normalized spacial score (nSPS) is 17.0. The molecule has 0 radical (unpaired) electrons. The van der Waals surface area contributed by atoms with Gasteiger partial charge in [0.2, 0.25) is 5.91 Å². The highest BCUT2D eigenvalue weighted by atomic mass is 32.2. The Kier molecular flexibility index (Phi) is 10.8. The number of amides is 1. The summed E-state index contributed by atoms with van der Waals surface area (Å²) in [5, 5.41) is 12.5. The summed E-state index contributed by atoms with van der Waals surface area (Å²) in [6, 6.07) is 5.95. The van der Waals surface area contributed by atoms with Crippen LogP contribution in [-0.2, 0) is 19.1 Å². The number of thioether (sulfide) groups is 1. The Morgan fingerprint density at radius 3 is 2.68 bits per heavy atom. The molecule has 2 atom stereocenters. The lowest BCUT2D eigenvalue weighted by Gasteiger charge is -2.27. The van der Waals surface area contributed by atoms with E-state index in [1.54, 1.807) is 19.1 Å². The third kappa shape index (κ3) is 7.83. The highest BCUT2D eigenvalue weighted by molar-refractivity contribution is 7.99. The molecule has 0 fully saturated rings. The first kappa shape index (κ1) is 25.2. The van der Waals surface area contributed by atoms with Crippen LogP contribution in [0.25, 0.3) is 0 Å². The number of carbonyl (C=O) groups is 3. The molecule has 9 heteroatoms. The largest absolute Gasteiger partial charge is 0.480 e. The van der Waals surface area contributed by atoms with Crippen LogP contribution in [0.2, 0.25) is 0 Å². The minimum atomic E-state index is -1.09. The number of nitrogens with two attached hydrogens (primary N) is 1. The molecule has 172 valence electrons. The fraction of sp³-hybridized carbons (Fsp3) is 0.591. The van der Waals surface area contributed by atoms with Crippen molar-refractivity contribution < 1.29 is 24.2 Å². The number of carboxylic acids is 1. The molecule has 0 bridgehead atoms. The summed E-state index contributed by atoms with van der Waals surface area (Å²) < 4.78 is 5.22. The molecule has 0 aromatic heterocycles. The van der Waals surface area contributed by atoms with Gasteiger partial charge in [0.1, 0.15) is 12.6 Å². The number of carboxylic acid groups (broad SMARTS) is 1. The monoisotopic (exact) mass is 451 g/mol. The van der Waals surface area contributed by atoms with Crippen LogP contribution in [-0.4, -0.2) is 60.5 Å². The van der Waals surface area contributed by atoms with E-state index in [0.717, 1.165) is 37.0 Å². The summed E-state index contributed by atoms with van der Waals surface area (Å²) in [7, 11) is 0. The summed E-state index contributed by atoms with van der Waals surface area (Å²) in [6.45, 7) is 2.26.